The predicted octanol–water partition coefficient (Wildman–Crippen LogP) is 5.15. The van der Waals surface area contributed by atoms with Crippen molar-refractivity contribution in [2.24, 2.45) is 10.8 Å². The van der Waals surface area contributed by atoms with E-state index in [1.54, 1.807) is 18.2 Å². The van der Waals surface area contributed by atoms with Gasteiger partial charge in [0.05, 0.1) is 14.2 Å². The molecule has 2 fully saturated rings. The molecule has 1 aliphatic carbocycles. The molecule has 1 saturated heterocycles. The van der Waals surface area contributed by atoms with Crippen molar-refractivity contribution < 1.29 is 37.3 Å². The Morgan fingerprint density at radius 2 is 1.73 bits per heavy atom. The third-order valence-electron chi connectivity index (χ3n) is 7.13. The summed E-state index contributed by atoms with van der Waals surface area (Å²) in [5.74, 6) is -4.14. The van der Waals surface area contributed by atoms with Crippen LogP contribution >= 0.6 is 0 Å². The maximum atomic E-state index is 15.8. The van der Waals surface area contributed by atoms with Crippen LogP contribution in [0.15, 0.2) is 22.6 Å². The number of nitrogens with zero attached hydrogens (tertiary/aromatic N) is 3. The number of ether oxygens (including phenoxy) is 3. The van der Waals surface area contributed by atoms with E-state index in [-0.39, 0.29) is 31.4 Å². The van der Waals surface area contributed by atoms with Crippen LogP contribution in [0.1, 0.15) is 71.7 Å². The number of methoxy groups -OCH3 is 2. The van der Waals surface area contributed by atoms with Gasteiger partial charge in [-0.3, -0.25) is 4.79 Å². The molecule has 2 aliphatic rings. The number of likely N-dealkylation sites (tertiary alicyclic amines) is 1. The van der Waals surface area contributed by atoms with Crippen molar-refractivity contribution in [1.82, 2.24) is 15.1 Å². The summed E-state index contributed by atoms with van der Waals surface area (Å²) in [5, 5.41) is 19.0. The summed E-state index contributed by atoms with van der Waals surface area (Å²) in [5.41, 5.74) is -3.56. The normalized spacial score (nSPS) is 22.5. The first-order valence-electron chi connectivity index (χ1n) is 12.3. The molecule has 2 heterocycles. The first kappa shape index (κ1) is 27.1. The maximum Gasteiger partial charge on any atom is 0.420 e. The molecule has 0 bridgehead atoms. The minimum Gasteiger partial charge on any atom is -0.493 e. The Morgan fingerprint density at radius 3 is 2.35 bits per heavy atom. The zero-order chi connectivity index (χ0) is 27.2. The van der Waals surface area contributed by atoms with E-state index < -0.39 is 34.3 Å². The number of aliphatic hydroxyl groups is 1. The summed E-state index contributed by atoms with van der Waals surface area (Å²) in [6.07, 6.45) is 0.965. The molecule has 1 aromatic heterocycles. The molecule has 11 heteroatoms. The monoisotopic (exact) mass is 523 g/mol. The minimum absolute atomic E-state index is 0.00609. The van der Waals surface area contributed by atoms with Crippen molar-refractivity contribution in [2.75, 3.05) is 20.8 Å². The molecule has 37 heavy (non-hydrogen) atoms. The highest BCUT2D eigenvalue weighted by atomic mass is 19.3. The molecule has 0 radical (unpaired) electrons. The van der Waals surface area contributed by atoms with Crippen LogP contribution in [0.3, 0.4) is 0 Å². The molecule has 1 saturated carbocycles. The Labute approximate surface area is 215 Å². The van der Waals surface area contributed by atoms with E-state index in [0.717, 1.165) is 4.90 Å². The molecule has 0 spiro atoms. The zero-order valence-electron chi connectivity index (χ0n) is 22.1. The molecule has 1 aromatic carbocycles. The smallest absolute Gasteiger partial charge is 0.420 e. The highest BCUT2D eigenvalue weighted by molar-refractivity contribution is 5.85. The van der Waals surface area contributed by atoms with Crippen LogP contribution in [-0.2, 0) is 4.79 Å². The van der Waals surface area contributed by atoms with Gasteiger partial charge in [-0.05, 0) is 55.1 Å². The van der Waals surface area contributed by atoms with Crippen molar-refractivity contribution in [3.8, 4) is 23.3 Å². The van der Waals surface area contributed by atoms with Gasteiger partial charge in [0.15, 0.2) is 11.5 Å². The second kappa shape index (κ2) is 9.41. The number of hydrogen-bond acceptors (Lipinski definition) is 8. The van der Waals surface area contributed by atoms with Gasteiger partial charge in [-0.25, -0.2) is 0 Å². The molecule has 4 rings (SSSR count). The molecular weight excluding hydrogens is 488 g/mol. The van der Waals surface area contributed by atoms with Gasteiger partial charge in [0, 0.05) is 12.6 Å². The standard InChI is InChI=1S/C26H35F2N3O6/c1-23(2)13-24(3,4)15-25(33,14-23)26(27,28)21(32)31-11-7-8-17(31)20-29-30-22(37-20)36-16-9-10-18(34-5)19(12-16)35-6/h9-10,12,17,33H,7-8,11,13-15H2,1-6H3/t17-/m0/s1. The second-order valence-corrected chi connectivity index (χ2v) is 11.6. The van der Waals surface area contributed by atoms with Gasteiger partial charge >= 0.3 is 12.0 Å². The third kappa shape index (κ3) is 5.23. The number of carbonyl (C=O) groups is 1. The van der Waals surface area contributed by atoms with Crippen LogP contribution in [0.4, 0.5) is 8.78 Å². The Balaban J connectivity index is 1.53. The molecule has 0 unspecified atom stereocenters. The van der Waals surface area contributed by atoms with E-state index in [0.29, 0.717) is 36.5 Å². The fourth-order valence-corrected chi connectivity index (χ4v) is 6.31. The van der Waals surface area contributed by atoms with Gasteiger partial charge in [-0.15, -0.1) is 5.10 Å². The lowest BCUT2D eigenvalue weighted by Crippen LogP contribution is -2.62. The minimum atomic E-state index is -3.98. The lowest BCUT2D eigenvalue weighted by atomic mass is 9.58. The first-order valence-corrected chi connectivity index (χ1v) is 12.3. The van der Waals surface area contributed by atoms with E-state index in [2.05, 4.69) is 10.2 Å². The largest absolute Gasteiger partial charge is 0.493 e. The quantitative estimate of drug-likeness (QED) is 0.531. The summed E-state index contributed by atoms with van der Waals surface area (Å²) in [6, 6.07) is 3.98. The zero-order valence-corrected chi connectivity index (χ0v) is 22.1. The number of alkyl halides is 2. The number of hydrogen-bond donors (Lipinski definition) is 1. The number of carbonyl (C=O) groups excluding carboxylic acids is 1. The van der Waals surface area contributed by atoms with Crippen LogP contribution < -0.4 is 14.2 Å². The highest BCUT2D eigenvalue weighted by Gasteiger charge is 2.65. The molecule has 1 N–H and O–H groups in total. The average molecular weight is 524 g/mol. The summed E-state index contributed by atoms with van der Waals surface area (Å²) >= 11 is 0. The van der Waals surface area contributed by atoms with E-state index in [1.807, 2.05) is 27.7 Å². The van der Waals surface area contributed by atoms with Gasteiger partial charge in [-0.2, -0.15) is 8.78 Å². The number of benzene rings is 1. The summed E-state index contributed by atoms with van der Waals surface area (Å²) < 4.78 is 53.2. The molecule has 204 valence electrons. The third-order valence-corrected chi connectivity index (χ3v) is 7.13. The van der Waals surface area contributed by atoms with Gasteiger partial charge in [0.25, 0.3) is 5.91 Å². The van der Waals surface area contributed by atoms with Crippen molar-refractivity contribution in [2.45, 2.75) is 77.4 Å². The number of halogens is 2. The second-order valence-electron chi connectivity index (χ2n) is 11.6. The Morgan fingerprint density at radius 1 is 1.08 bits per heavy atom. The van der Waals surface area contributed by atoms with E-state index in [4.69, 9.17) is 18.6 Å². The molecule has 2 aromatic rings. The maximum absolute atomic E-state index is 15.8. The van der Waals surface area contributed by atoms with E-state index >= 15 is 8.78 Å². The molecule has 1 atom stereocenters. The lowest BCUT2D eigenvalue weighted by molar-refractivity contribution is -0.231. The number of aromatic nitrogens is 2. The summed E-state index contributed by atoms with van der Waals surface area (Å²) in [6.45, 7) is 7.47. The van der Waals surface area contributed by atoms with Gasteiger partial charge in [0.1, 0.15) is 17.4 Å². The Kier molecular flexibility index (Phi) is 6.89. The summed E-state index contributed by atoms with van der Waals surface area (Å²) in [7, 11) is 3.00. The Bertz CT molecular complexity index is 1130. The molecule has 1 amide bonds. The van der Waals surface area contributed by atoms with E-state index in [9.17, 15) is 9.90 Å². The SMILES string of the molecule is COc1ccc(Oc2nnc([C@@H]3CCCN3C(=O)C(F)(F)C3(O)CC(C)(C)CC(C)(C)C3)o2)cc1OC. The Hall–Kier alpha value is -2.95. The highest BCUT2D eigenvalue weighted by Crippen LogP contribution is 2.55. The fraction of sp³-hybridized carbons (Fsp3) is 0.654. The number of amides is 1. The predicted molar refractivity (Wildman–Crippen MR) is 129 cm³/mol. The number of rotatable bonds is 7. The lowest BCUT2D eigenvalue weighted by Gasteiger charge is -2.51. The van der Waals surface area contributed by atoms with Gasteiger partial charge in [0.2, 0.25) is 5.89 Å². The van der Waals surface area contributed by atoms with Gasteiger partial charge < -0.3 is 28.6 Å². The van der Waals surface area contributed by atoms with Crippen LogP contribution in [0.2, 0.25) is 0 Å². The van der Waals surface area contributed by atoms with Crippen molar-refractivity contribution in [3.05, 3.63) is 24.1 Å². The van der Waals surface area contributed by atoms with Gasteiger partial charge in [-0.1, -0.05) is 32.8 Å². The van der Waals surface area contributed by atoms with E-state index in [1.165, 1.54) is 14.2 Å². The average Bonchev–Trinajstić information content (AvgIpc) is 3.45. The fourth-order valence-electron chi connectivity index (χ4n) is 6.31. The van der Waals surface area contributed by atoms with Crippen molar-refractivity contribution >= 4 is 5.91 Å². The van der Waals surface area contributed by atoms with Crippen molar-refractivity contribution in [3.63, 3.8) is 0 Å². The molecular formula is C26H35F2N3O6. The first-order chi connectivity index (χ1) is 17.2. The summed E-state index contributed by atoms with van der Waals surface area (Å²) in [4.78, 5) is 14.3. The van der Waals surface area contributed by atoms with Crippen LogP contribution in [0.25, 0.3) is 0 Å². The molecule has 9 nitrogen and oxygen atoms in total. The van der Waals surface area contributed by atoms with Crippen LogP contribution in [-0.4, -0.2) is 58.4 Å². The topological polar surface area (TPSA) is 107 Å². The van der Waals surface area contributed by atoms with Crippen LogP contribution in [0, 0.1) is 10.8 Å². The molecule has 1 aliphatic heterocycles. The van der Waals surface area contributed by atoms with Crippen molar-refractivity contribution in [1.29, 1.82) is 0 Å². The van der Waals surface area contributed by atoms with Crippen LogP contribution in [0.5, 0.6) is 23.3 Å².